The number of halogens is 1. The smallest absolute Gasteiger partial charge is 0.274 e. The fraction of sp³-hybridized carbons (Fsp3) is 0.0714. The van der Waals surface area contributed by atoms with Gasteiger partial charge < -0.3 is 9.51 Å². The van der Waals surface area contributed by atoms with Gasteiger partial charge in [0.15, 0.2) is 0 Å². The summed E-state index contributed by atoms with van der Waals surface area (Å²) in [6.45, 7) is 1.68. The Morgan fingerprint density at radius 3 is 2.90 bits per heavy atom. The number of nitriles is 1. The van der Waals surface area contributed by atoms with Gasteiger partial charge in [0.25, 0.3) is 5.89 Å². The molecule has 20 heavy (non-hydrogen) atoms. The lowest BCUT2D eigenvalue weighted by atomic mass is 10.1. The minimum atomic E-state index is -0.319. The van der Waals surface area contributed by atoms with E-state index in [-0.39, 0.29) is 11.7 Å². The number of hydrogen-bond donors (Lipinski definition) is 1. The van der Waals surface area contributed by atoms with E-state index in [2.05, 4.69) is 15.1 Å². The SMILES string of the molecule is Cc1ccc(-c2noc(-c3cc(C#N)c[nH]3)n2)cc1F. The predicted molar refractivity (Wildman–Crippen MR) is 68.9 cm³/mol. The van der Waals surface area contributed by atoms with Crippen molar-refractivity contribution in [3.8, 4) is 29.0 Å². The molecule has 98 valence electrons. The minimum absolute atomic E-state index is 0.252. The molecule has 0 aliphatic carbocycles. The van der Waals surface area contributed by atoms with Gasteiger partial charge in [-0.2, -0.15) is 10.2 Å². The molecular weight excluding hydrogens is 259 g/mol. The number of rotatable bonds is 2. The Morgan fingerprint density at radius 1 is 1.35 bits per heavy atom. The Balaban J connectivity index is 1.97. The summed E-state index contributed by atoms with van der Waals surface area (Å²) in [7, 11) is 0. The van der Waals surface area contributed by atoms with Crippen LogP contribution in [0.1, 0.15) is 11.1 Å². The third-order valence-electron chi connectivity index (χ3n) is 2.90. The van der Waals surface area contributed by atoms with Crippen molar-refractivity contribution in [2.75, 3.05) is 0 Å². The summed E-state index contributed by atoms with van der Waals surface area (Å²) in [4.78, 5) is 7.05. The molecule has 0 unspecified atom stereocenters. The normalized spacial score (nSPS) is 10.4. The molecule has 2 aromatic heterocycles. The van der Waals surface area contributed by atoms with Crippen LogP contribution in [0.4, 0.5) is 4.39 Å². The van der Waals surface area contributed by atoms with Crippen LogP contribution in [0.15, 0.2) is 35.0 Å². The molecule has 1 N–H and O–H groups in total. The molecule has 1 aromatic carbocycles. The standard InChI is InChI=1S/C14H9FN4O/c1-8-2-3-10(5-11(8)15)13-18-14(20-19-13)12-4-9(6-16)7-17-12/h2-5,7,17H,1H3. The van der Waals surface area contributed by atoms with E-state index < -0.39 is 0 Å². The Labute approximate surface area is 113 Å². The first-order valence-corrected chi connectivity index (χ1v) is 5.86. The number of aromatic amines is 1. The van der Waals surface area contributed by atoms with Gasteiger partial charge in [-0.25, -0.2) is 4.39 Å². The van der Waals surface area contributed by atoms with Gasteiger partial charge in [-0.3, -0.25) is 0 Å². The molecule has 0 radical (unpaired) electrons. The van der Waals surface area contributed by atoms with Crippen LogP contribution in [0, 0.1) is 24.1 Å². The van der Waals surface area contributed by atoms with Gasteiger partial charge in [0.2, 0.25) is 5.82 Å². The fourth-order valence-electron chi connectivity index (χ4n) is 1.76. The zero-order valence-electron chi connectivity index (χ0n) is 10.5. The van der Waals surface area contributed by atoms with Crippen molar-refractivity contribution in [2.24, 2.45) is 0 Å². The maximum atomic E-state index is 13.5. The Bertz CT molecular complexity index is 813. The highest BCUT2D eigenvalue weighted by Gasteiger charge is 2.13. The predicted octanol–water partition coefficient (Wildman–Crippen LogP) is 3.05. The Morgan fingerprint density at radius 2 is 2.20 bits per heavy atom. The number of aromatic nitrogens is 3. The van der Waals surface area contributed by atoms with E-state index in [0.717, 1.165) is 0 Å². The van der Waals surface area contributed by atoms with Crippen LogP contribution in [0.25, 0.3) is 23.0 Å². The van der Waals surface area contributed by atoms with Gasteiger partial charge in [-0.1, -0.05) is 17.3 Å². The lowest BCUT2D eigenvalue weighted by Gasteiger charge is -1.97. The minimum Gasteiger partial charge on any atom is -0.356 e. The van der Waals surface area contributed by atoms with Gasteiger partial charge in [0, 0.05) is 11.8 Å². The molecule has 0 spiro atoms. The second-order valence-corrected chi connectivity index (χ2v) is 4.30. The van der Waals surface area contributed by atoms with E-state index in [1.54, 1.807) is 31.3 Å². The third-order valence-corrected chi connectivity index (χ3v) is 2.90. The van der Waals surface area contributed by atoms with Crippen molar-refractivity contribution in [3.63, 3.8) is 0 Å². The Hall–Kier alpha value is -2.94. The number of hydrogen-bond acceptors (Lipinski definition) is 4. The van der Waals surface area contributed by atoms with Crippen molar-refractivity contribution in [1.82, 2.24) is 15.1 Å². The molecule has 6 heteroatoms. The van der Waals surface area contributed by atoms with Crippen LogP contribution in [0.2, 0.25) is 0 Å². The van der Waals surface area contributed by atoms with E-state index in [4.69, 9.17) is 9.78 Å². The first-order valence-electron chi connectivity index (χ1n) is 5.86. The average Bonchev–Trinajstić information content (AvgIpc) is 3.09. The summed E-state index contributed by atoms with van der Waals surface area (Å²) >= 11 is 0. The van der Waals surface area contributed by atoms with Crippen molar-refractivity contribution < 1.29 is 8.91 Å². The molecule has 3 rings (SSSR count). The largest absolute Gasteiger partial charge is 0.356 e. The topological polar surface area (TPSA) is 78.5 Å². The summed E-state index contributed by atoms with van der Waals surface area (Å²) in [5.74, 6) is 0.231. The molecule has 0 atom stereocenters. The second kappa shape index (κ2) is 4.63. The van der Waals surface area contributed by atoms with Gasteiger partial charge in [0.05, 0.1) is 5.56 Å². The van der Waals surface area contributed by atoms with E-state index >= 15 is 0 Å². The first kappa shape index (κ1) is 12.1. The number of benzene rings is 1. The maximum absolute atomic E-state index is 13.5. The molecule has 0 aliphatic heterocycles. The molecular formula is C14H9FN4O. The lowest BCUT2D eigenvalue weighted by Crippen LogP contribution is -1.86. The number of nitrogens with one attached hydrogen (secondary N) is 1. The molecule has 2 heterocycles. The highest BCUT2D eigenvalue weighted by molar-refractivity contribution is 5.59. The van der Waals surface area contributed by atoms with Crippen LogP contribution in [-0.2, 0) is 0 Å². The zero-order chi connectivity index (χ0) is 14.1. The van der Waals surface area contributed by atoms with Gasteiger partial charge in [-0.15, -0.1) is 0 Å². The molecule has 0 aliphatic rings. The average molecular weight is 268 g/mol. The van der Waals surface area contributed by atoms with Crippen molar-refractivity contribution in [1.29, 1.82) is 5.26 Å². The maximum Gasteiger partial charge on any atom is 0.274 e. The van der Waals surface area contributed by atoms with Gasteiger partial charge >= 0.3 is 0 Å². The quantitative estimate of drug-likeness (QED) is 0.774. The van der Waals surface area contributed by atoms with Crippen LogP contribution in [0.3, 0.4) is 0 Å². The van der Waals surface area contributed by atoms with Gasteiger partial charge in [0.1, 0.15) is 17.6 Å². The molecule has 0 fully saturated rings. The number of aryl methyl sites for hydroxylation is 1. The van der Waals surface area contributed by atoms with E-state index in [1.807, 2.05) is 6.07 Å². The lowest BCUT2D eigenvalue weighted by molar-refractivity contribution is 0.431. The monoisotopic (exact) mass is 268 g/mol. The van der Waals surface area contributed by atoms with E-state index in [9.17, 15) is 4.39 Å². The number of H-pyrrole nitrogens is 1. The molecule has 5 nitrogen and oxygen atoms in total. The first-order chi connectivity index (χ1) is 9.67. The zero-order valence-corrected chi connectivity index (χ0v) is 10.5. The summed E-state index contributed by atoms with van der Waals surface area (Å²) in [6.07, 6.45) is 1.55. The number of nitrogens with zero attached hydrogens (tertiary/aromatic N) is 3. The van der Waals surface area contributed by atoms with Crippen molar-refractivity contribution >= 4 is 0 Å². The molecule has 0 saturated heterocycles. The third kappa shape index (κ3) is 2.06. The summed E-state index contributed by atoms with van der Waals surface area (Å²) < 4.78 is 18.6. The van der Waals surface area contributed by atoms with Crippen LogP contribution >= 0.6 is 0 Å². The fourth-order valence-corrected chi connectivity index (χ4v) is 1.76. The highest BCUT2D eigenvalue weighted by Crippen LogP contribution is 2.23. The molecule has 0 bridgehead atoms. The van der Waals surface area contributed by atoms with Crippen LogP contribution in [-0.4, -0.2) is 15.1 Å². The second-order valence-electron chi connectivity index (χ2n) is 4.30. The summed E-state index contributed by atoms with van der Waals surface area (Å²) in [5, 5.41) is 12.6. The molecule has 0 amide bonds. The van der Waals surface area contributed by atoms with E-state index in [1.165, 1.54) is 6.07 Å². The van der Waals surface area contributed by atoms with Crippen LogP contribution in [0.5, 0.6) is 0 Å². The molecule has 0 saturated carbocycles. The van der Waals surface area contributed by atoms with Gasteiger partial charge in [-0.05, 0) is 24.6 Å². The van der Waals surface area contributed by atoms with Crippen LogP contribution < -0.4 is 0 Å². The highest BCUT2D eigenvalue weighted by atomic mass is 19.1. The van der Waals surface area contributed by atoms with Crippen molar-refractivity contribution in [2.45, 2.75) is 6.92 Å². The summed E-state index contributed by atoms with van der Waals surface area (Å²) in [6, 6.07) is 8.34. The summed E-state index contributed by atoms with van der Waals surface area (Å²) in [5.41, 5.74) is 2.12. The van der Waals surface area contributed by atoms with Crippen molar-refractivity contribution in [3.05, 3.63) is 47.4 Å². The van der Waals surface area contributed by atoms with E-state index in [0.29, 0.717) is 28.2 Å². The molecule has 3 aromatic rings. The Kier molecular flexibility index (Phi) is 2.80.